The lowest BCUT2D eigenvalue weighted by atomic mass is 10.1. The van der Waals surface area contributed by atoms with Crippen LogP contribution in [0.25, 0.3) is 6.08 Å². The highest BCUT2D eigenvalue weighted by atomic mass is 79.9. The first-order valence-corrected chi connectivity index (χ1v) is 4.62. The average Bonchev–Trinajstić information content (AvgIpc) is 2.17. The van der Waals surface area contributed by atoms with Crippen molar-refractivity contribution in [2.24, 2.45) is 5.73 Å². The normalized spacial score (nSPS) is 11.0. The number of rotatable bonds is 2. The molecule has 2 nitrogen and oxygen atoms in total. The Labute approximate surface area is 85.8 Å². The summed E-state index contributed by atoms with van der Waals surface area (Å²) in [5.41, 5.74) is 6.93. The predicted molar refractivity (Wildman–Crippen MR) is 56.8 cm³/mol. The van der Waals surface area contributed by atoms with Crippen molar-refractivity contribution in [2.45, 2.75) is 0 Å². The van der Waals surface area contributed by atoms with Gasteiger partial charge in [0.1, 0.15) is 0 Å². The van der Waals surface area contributed by atoms with Crippen molar-refractivity contribution in [1.29, 1.82) is 5.26 Å². The molecule has 0 aromatic heterocycles. The van der Waals surface area contributed by atoms with Crippen LogP contribution >= 0.6 is 15.9 Å². The lowest BCUT2D eigenvalue weighted by Gasteiger charge is -1.97. The van der Waals surface area contributed by atoms with Gasteiger partial charge in [0, 0.05) is 16.6 Å². The van der Waals surface area contributed by atoms with Crippen molar-refractivity contribution < 1.29 is 0 Å². The molecule has 13 heavy (non-hydrogen) atoms. The van der Waals surface area contributed by atoms with Gasteiger partial charge in [0.2, 0.25) is 0 Å². The Hall–Kier alpha value is -1.11. The number of nitriles is 1. The standard InChI is InChI=1S/C10H9BrN2/c11-10-4-2-1-3-9(10)5-8(6-12)7-13/h1-5H,6,12H2/b8-5-. The topological polar surface area (TPSA) is 49.8 Å². The van der Waals surface area contributed by atoms with Gasteiger partial charge in [0.25, 0.3) is 0 Å². The lowest BCUT2D eigenvalue weighted by molar-refractivity contribution is 1.20. The van der Waals surface area contributed by atoms with Crippen LogP contribution in [0, 0.1) is 11.3 Å². The highest BCUT2D eigenvalue weighted by Crippen LogP contribution is 2.18. The third kappa shape index (κ3) is 2.69. The fourth-order valence-corrected chi connectivity index (χ4v) is 1.32. The van der Waals surface area contributed by atoms with E-state index in [-0.39, 0.29) is 6.54 Å². The molecule has 0 heterocycles. The zero-order valence-corrected chi connectivity index (χ0v) is 8.58. The third-order valence-corrected chi connectivity index (χ3v) is 2.32. The second-order valence-electron chi connectivity index (χ2n) is 2.51. The van der Waals surface area contributed by atoms with Gasteiger partial charge in [-0.3, -0.25) is 0 Å². The van der Waals surface area contributed by atoms with Crippen molar-refractivity contribution in [2.75, 3.05) is 6.54 Å². The Morgan fingerprint density at radius 3 is 2.77 bits per heavy atom. The first-order chi connectivity index (χ1) is 6.27. The van der Waals surface area contributed by atoms with Crippen LogP contribution in [-0.2, 0) is 0 Å². The molecule has 0 saturated heterocycles. The Bertz CT molecular complexity index is 363. The molecular weight excluding hydrogens is 228 g/mol. The molecule has 1 aromatic carbocycles. The number of halogens is 1. The van der Waals surface area contributed by atoms with E-state index >= 15 is 0 Å². The van der Waals surface area contributed by atoms with E-state index in [1.165, 1.54) is 0 Å². The molecule has 1 rings (SSSR count). The summed E-state index contributed by atoms with van der Waals surface area (Å²) < 4.78 is 0.969. The minimum absolute atomic E-state index is 0.276. The van der Waals surface area contributed by atoms with Gasteiger partial charge in [-0.1, -0.05) is 34.1 Å². The minimum atomic E-state index is 0.276. The molecule has 0 aliphatic carbocycles. The summed E-state index contributed by atoms with van der Waals surface area (Å²) in [7, 11) is 0. The molecule has 0 saturated carbocycles. The molecule has 0 fully saturated rings. The van der Waals surface area contributed by atoms with Crippen LogP contribution in [0.4, 0.5) is 0 Å². The smallest absolute Gasteiger partial charge is 0.0960 e. The van der Waals surface area contributed by atoms with Crippen molar-refractivity contribution in [3.8, 4) is 6.07 Å². The highest BCUT2D eigenvalue weighted by Gasteiger charge is 1.96. The first-order valence-electron chi connectivity index (χ1n) is 3.83. The number of nitrogens with two attached hydrogens (primary N) is 1. The maximum atomic E-state index is 8.66. The van der Waals surface area contributed by atoms with Crippen LogP contribution in [0.1, 0.15) is 5.56 Å². The molecule has 0 radical (unpaired) electrons. The van der Waals surface area contributed by atoms with Crippen molar-refractivity contribution in [3.63, 3.8) is 0 Å². The monoisotopic (exact) mass is 236 g/mol. The molecule has 2 N–H and O–H groups in total. The van der Waals surface area contributed by atoms with E-state index in [0.717, 1.165) is 10.0 Å². The summed E-state index contributed by atoms with van der Waals surface area (Å²) in [5, 5.41) is 8.66. The van der Waals surface area contributed by atoms with Crippen LogP contribution < -0.4 is 5.73 Å². The first kappa shape index (κ1) is 9.97. The molecule has 0 amide bonds. The van der Waals surface area contributed by atoms with Crippen LogP contribution in [0.5, 0.6) is 0 Å². The molecule has 0 bridgehead atoms. The zero-order valence-electron chi connectivity index (χ0n) is 7.00. The van der Waals surface area contributed by atoms with Gasteiger partial charge in [-0.15, -0.1) is 0 Å². The van der Waals surface area contributed by atoms with Gasteiger partial charge in [-0.25, -0.2) is 0 Å². The fraction of sp³-hybridized carbons (Fsp3) is 0.100. The van der Waals surface area contributed by atoms with Gasteiger partial charge in [0.05, 0.1) is 6.07 Å². The summed E-state index contributed by atoms with van der Waals surface area (Å²) >= 11 is 3.39. The Balaban J connectivity index is 3.04. The third-order valence-electron chi connectivity index (χ3n) is 1.60. The van der Waals surface area contributed by atoms with Gasteiger partial charge >= 0.3 is 0 Å². The van der Waals surface area contributed by atoms with E-state index in [2.05, 4.69) is 15.9 Å². The molecule has 66 valence electrons. The second kappa shape index (κ2) is 4.80. The molecule has 0 atom stereocenters. The predicted octanol–water partition coefficient (Wildman–Crippen LogP) is 2.31. The highest BCUT2D eigenvalue weighted by molar-refractivity contribution is 9.10. The molecule has 1 aromatic rings. The van der Waals surface area contributed by atoms with E-state index < -0.39 is 0 Å². The van der Waals surface area contributed by atoms with Gasteiger partial charge in [-0.05, 0) is 17.7 Å². The Morgan fingerprint density at radius 1 is 1.54 bits per heavy atom. The largest absolute Gasteiger partial charge is 0.326 e. The van der Waals surface area contributed by atoms with E-state index in [0.29, 0.717) is 5.57 Å². The Kier molecular flexibility index (Phi) is 3.69. The van der Waals surface area contributed by atoms with Crippen molar-refractivity contribution in [3.05, 3.63) is 39.9 Å². The number of benzene rings is 1. The Morgan fingerprint density at radius 2 is 2.23 bits per heavy atom. The number of nitrogens with zero attached hydrogens (tertiary/aromatic N) is 1. The van der Waals surface area contributed by atoms with E-state index in [9.17, 15) is 0 Å². The SMILES string of the molecule is N#C/C(=C\c1ccccc1Br)CN. The zero-order chi connectivity index (χ0) is 9.68. The van der Waals surface area contributed by atoms with E-state index in [1.807, 2.05) is 30.3 Å². The molecule has 0 spiro atoms. The van der Waals surface area contributed by atoms with Crippen LogP contribution in [0.3, 0.4) is 0 Å². The van der Waals surface area contributed by atoms with Gasteiger partial charge < -0.3 is 5.73 Å². The molecule has 0 aliphatic rings. The quantitative estimate of drug-likeness (QED) is 0.802. The van der Waals surface area contributed by atoms with Gasteiger partial charge in [0.15, 0.2) is 0 Å². The van der Waals surface area contributed by atoms with E-state index in [1.54, 1.807) is 6.08 Å². The van der Waals surface area contributed by atoms with E-state index in [4.69, 9.17) is 11.0 Å². The molecule has 0 unspecified atom stereocenters. The average molecular weight is 237 g/mol. The van der Waals surface area contributed by atoms with Crippen LogP contribution in [0.2, 0.25) is 0 Å². The van der Waals surface area contributed by atoms with Crippen molar-refractivity contribution >= 4 is 22.0 Å². The minimum Gasteiger partial charge on any atom is -0.326 e. The summed E-state index contributed by atoms with van der Waals surface area (Å²) in [5.74, 6) is 0. The summed E-state index contributed by atoms with van der Waals surface area (Å²) in [6.07, 6.45) is 1.78. The summed E-state index contributed by atoms with van der Waals surface area (Å²) in [6.45, 7) is 0.276. The molecular formula is C10H9BrN2. The maximum Gasteiger partial charge on any atom is 0.0960 e. The lowest BCUT2D eigenvalue weighted by Crippen LogP contribution is -2.00. The molecule has 0 aliphatic heterocycles. The summed E-state index contributed by atoms with van der Waals surface area (Å²) in [4.78, 5) is 0. The summed E-state index contributed by atoms with van der Waals surface area (Å²) in [6, 6.07) is 9.74. The van der Waals surface area contributed by atoms with Crippen LogP contribution in [-0.4, -0.2) is 6.54 Å². The second-order valence-corrected chi connectivity index (χ2v) is 3.36. The maximum absolute atomic E-state index is 8.66. The van der Waals surface area contributed by atoms with Crippen LogP contribution in [0.15, 0.2) is 34.3 Å². The number of hydrogen-bond donors (Lipinski definition) is 1. The van der Waals surface area contributed by atoms with Gasteiger partial charge in [-0.2, -0.15) is 5.26 Å². The molecule has 3 heteroatoms. The number of hydrogen-bond acceptors (Lipinski definition) is 2. The fourth-order valence-electron chi connectivity index (χ4n) is 0.917. The van der Waals surface area contributed by atoms with Crippen molar-refractivity contribution in [1.82, 2.24) is 0 Å².